The van der Waals surface area contributed by atoms with Gasteiger partial charge in [-0.15, -0.1) is 0 Å². The third-order valence-electron chi connectivity index (χ3n) is 4.42. The number of ether oxygens (including phenoxy) is 1. The number of amides is 1. The van der Waals surface area contributed by atoms with Crippen LogP contribution in [0.4, 0.5) is 0 Å². The lowest BCUT2D eigenvalue weighted by molar-refractivity contribution is -0.0483. The molecule has 1 amide bonds. The lowest BCUT2D eigenvalue weighted by atomic mass is 10.1. The molecular formula is C19H24N2O3. The number of carbonyl (C=O) groups is 1. The van der Waals surface area contributed by atoms with Gasteiger partial charge in [0.05, 0.1) is 30.6 Å². The molecule has 2 heterocycles. The molecule has 5 nitrogen and oxygen atoms in total. The predicted molar refractivity (Wildman–Crippen MR) is 91.7 cm³/mol. The standard InChI is InChI=1S/C19H24N2O3/c1-2-17(20-19(22)16-8-10-23-14-16)18-13-21(9-11-24-18)12-15-6-4-3-5-7-15/h3-8,10,14,17-18H,2,9,11-13H2,1H3,(H,20,22)/t17-,18-/m0/s1. The number of rotatable bonds is 6. The first-order chi connectivity index (χ1) is 11.8. The number of hydrogen-bond donors (Lipinski definition) is 1. The van der Waals surface area contributed by atoms with Crippen molar-refractivity contribution in [3.8, 4) is 0 Å². The number of carbonyl (C=O) groups excluding carboxylic acids is 1. The third kappa shape index (κ3) is 4.24. The number of benzene rings is 1. The Kier molecular flexibility index (Phi) is 5.67. The fourth-order valence-electron chi connectivity index (χ4n) is 3.06. The van der Waals surface area contributed by atoms with Gasteiger partial charge >= 0.3 is 0 Å². The highest BCUT2D eigenvalue weighted by Crippen LogP contribution is 2.15. The summed E-state index contributed by atoms with van der Waals surface area (Å²) in [5.41, 5.74) is 1.85. The molecule has 1 aromatic carbocycles. The van der Waals surface area contributed by atoms with Crippen LogP contribution in [0.25, 0.3) is 0 Å². The topological polar surface area (TPSA) is 54.7 Å². The quantitative estimate of drug-likeness (QED) is 0.886. The molecule has 0 unspecified atom stereocenters. The number of hydrogen-bond acceptors (Lipinski definition) is 4. The van der Waals surface area contributed by atoms with E-state index in [0.717, 1.165) is 26.1 Å². The van der Waals surface area contributed by atoms with E-state index in [9.17, 15) is 4.79 Å². The normalized spacial score (nSPS) is 19.8. The van der Waals surface area contributed by atoms with E-state index in [1.807, 2.05) is 6.07 Å². The molecule has 128 valence electrons. The molecule has 1 N–H and O–H groups in total. The van der Waals surface area contributed by atoms with E-state index in [1.165, 1.54) is 18.1 Å². The van der Waals surface area contributed by atoms with Crippen LogP contribution in [0.2, 0.25) is 0 Å². The Morgan fingerprint density at radius 1 is 1.33 bits per heavy atom. The smallest absolute Gasteiger partial charge is 0.254 e. The SMILES string of the molecule is CC[C@H](NC(=O)c1ccoc1)[C@@H]1CN(Cc2ccccc2)CCO1. The van der Waals surface area contributed by atoms with Crippen LogP contribution in [0, 0.1) is 0 Å². The van der Waals surface area contributed by atoms with Crippen LogP contribution in [0.5, 0.6) is 0 Å². The third-order valence-corrected chi connectivity index (χ3v) is 4.42. The van der Waals surface area contributed by atoms with Crippen LogP contribution in [0.15, 0.2) is 53.3 Å². The molecule has 2 atom stereocenters. The molecular weight excluding hydrogens is 304 g/mol. The van der Waals surface area contributed by atoms with Gasteiger partial charge < -0.3 is 14.5 Å². The van der Waals surface area contributed by atoms with Crippen molar-refractivity contribution < 1.29 is 13.9 Å². The average molecular weight is 328 g/mol. The summed E-state index contributed by atoms with van der Waals surface area (Å²) >= 11 is 0. The highest BCUT2D eigenvalue weighted by atomic mass is 16.5. The second-order valence-corrected chi connectivity index (χ2v) is 6.13. The van der Waals surface area contributed by atoms with Crippen LogP contribution in [0.3, 0.4) is 0 Å². The zero-order chi connectivity index (χ0) is 16.8. The van der Waals surface area contributed by atoms with Crippen LogP contribution in [0.1, 0.15) is 29.3 Å². The van der Waals surface area contributed by atoms with Gasteiger partial charge in [0.2, 0.25) is 0 Å². The Labute approximate surface area is 142 Å². The fourth-order valence-corrected chi connectivity index (χ4v) is 3.06. The number of nitrogens with one attached hydrogen (secondary N) is 1. The number of nitrogens with zero attached hydrogens (tertiary/aromatic N) is 1. The van der Waals surface area contributed by atoms with Gasteiger partial charge in [0, 0.05) is 19.6 Å². The molecule has 1 aromatic heterocycles. The lowest BCUT2D eigenvalue weighted by Gasteiger charge is -2.37. The zero-order valence-corrected chi connectivity index (χ0v) is 14.0. The molecule has 2 aromatic rings. The molecule has 3 rings (SSSR count). The minimum atomic E-state index is -0.112. The van der Waals surface area contributed by atoms with Crippen molar-refractivity contribution >= 4 is 5.91 Å². The van der Waals surface area contributed by atoms with Gasteiger partial charge in [-0.05, 0) is 18.1 Å². The number of furan rings is 1. The first-order valence-corrected chi connectivity index (χ1v) is 8.47. The molecule has 0 saturated carbocycles. The molecule has 5 heteroatoms. The van der Waals surface area contributed by atoms with E-state index in [4.69, 9.17) is 9.15 Å². The van der Waals surface area contributed by atoms with Gasteiger partial charge in [0.15, 0.2) is 0 Å². The van der Waals surface area contributed by atoms with Crippen molar-refractivity contribution in [2.75, 3.05) is 19.7 Å². The van der Waals surface area contributed by atoms with Crippen LogP contribution in [-0.4, -0.2) is 42.6 Å². The summed E-state index contributed by atoms with van der Waals surface area (Å²) in [6.45, 7) is 5.40. The Balaban J connectivity index is 1.58. The summed E-state index contributed by atoms with van der Waals surface area (Å²) in [5.74, 6) is -0.112. The van der Waals surface area contributed by atoms with Gasteiger partial charge in [-0.2, -0.15) is 0 Å². The van der Waals surface area contributed by atoms with Crippen molar-refractivity contribution in [3.63, 3.8) is 0 Å². The van der Waals surface area contributed by atoms with E-state index in [2.05, 4.69) is 41.4 Å². The van der Waals surface area contributed by atoms with Crippen LogP contribution < -0.4 is 5.32 Å². The number of morpholine rings is 1. The Hall–Kier alpha value is -2.11. The molecule has 1 aliphatic heterocycles. The summed E-state index contributed by atoms with van der Waals surface area (Å²) < 4.78 is 10.9. The summed E-state index contributed by atoms with van der Waals surface area (Å²) in [5, 5.41) is 3.07. The first-order valence-electron chi connectivity index (χ1n) is 8.47. The monoisotopic (exact) mass is 328 g/mol. The van der Waals surface area contributed by atoms with E-state index in [1.54, 1.807) is 6.07 Å². The molecule has 24 heavy (non-hydrogen) atoms. The summed E-state index contributed by atoms with van der Waals surface area (Å²) in [6.07, 6.45) is 3.80. The maximum absolute atomic E-state index is 12.3. The van der Waals surface area contributed by atoms with Crippen molar-refractivity contribution in [2.24, 2.45) is 0 Å². The summed E-state index contributed by atoms with van der Waals surface area (Å²) in [7, 11) is 0. The molecule has 0 aliphatic carbocycles. The fraction of sp³-hybridized carbons (Fsp3) is 0.421. The maximum atomic E-state index is 12.3. The highest BCUT2D eigenvalue weighted by Gasteiger charge is 2.28. The van der Waals surface area contributed by atoms with E-state index < -0.39 is 0 Å². The summed E-state index contributed by atoms with van der Waals surface area (Å²) in [6, 6.07) is 12.1. The van der Waals surface area contributed by atoms with Crippen molar-refractivity contribution in [1.29, 1.82) is 0 Å². The highest BCUT2D eigenvalue weighted by molar-refractivity contribution is 5.93. The van der Waals surface area contributed by atoms with E-state index in [0.29, 0.717) is 12.2 Å². The average Bonchev–Trinajstić information content (AvgIpc) is 3.15. The Bertz CT molecular complexity index is 627. The van der Waals surface area contributed by atoms with Gasteiger partial charge in [-0.1, -0.05) is 37.3 Å². The zero-order valence-electron chi connectivity index (χ0n) is 14.0. The molecule has 0 spiro atoms. The molecule has 1 aliphatic rings. The maximum Gasteiger partial charge on any atom is 0.254 e. The molecule has 1 fully saturated rings. The van der Waals surface area contributed by atoms with Gasteiger partial charge in [-0.3, -0.25) is 9.69 Å². The van der Waals surface area contributed by atoms with Crippen LogP contribution in [-0.2, 0) is 11.3 Å². The second kappa shape index (κ2) is 8.13. The Morgan fingerprint density at radius 2 is 2.17 bits per heavy atom. The molecule has 1 saturated heterocycles. The van der Waals surface area contributed by atoms with Crippen molar-refractivity contribution in [3.05, 3.63) is 60.1 Å². The van der Waals surface area contributed by atoms with E-state index >= 15 is 0 Å². The minimum absolute atomic E-state index is 0.00307. The molecule has 0 bridgehead atoms. The second-order valence-electron chi connectivity index (χ2n) is 6.13. The van der Waals surface area contributed by atoms with Crippen LogP contribution >= 0.6 is 0 Å². The molecule has 0 radical (unpaired) electrons. The van der Waals surface area contributed by atoms with E-state index in [-0.39, 0.29) is 18.1 Å². The van der Waals surface area contributed by atoms with Crippen molar-refractivity contribution in [2.45, 2.75) is 32.0 Å². The first kappa shape index (κ1) is 16.7. The predicted octanol–water partition coefficient (Wildman–Crippen LogP) is 2.69. The van der Waals surface area contributed by atoms with Gasteiger partial charge in [-0.25, -0.2) is 0 Å². The van der Waals surface area contributed by atoms with Gasteiger partial charge in [0.1, 0.15) is 6.26 Å². The minimum Gasteiger partial charge on any atom is -0.472 e. The summed E-state index contributed by atoms with van der Waals surface area (Å²) in [4.78, 5) is 14.6. The van der Waals surface area contributed by atoms with Crippen molar-refractivity contribution in [1.82, 2.24) is 10.2 Å². The van der Waals surface area contributed by atoms with Gasteiger partial charge in [0.25, 0.3) is 5.91 Å². The Morgan fingerprint density at radius 3 is 2.88 bits per heavy atom. The largest absolute Gasteiger partial charge is 0.472 e. The lowest BCUT2D eigenvalue weighted by Crippen LogP contribution is -2.53.